The molecule has 0 amide bonds. The number of ketones is 4. The van der Waals surface area contributed by atoms with Gasteiger partial charge in [0.2, 0.25) is 10.9 Å². The van der Waals surface area contributed by atoms with Crippen LogP contribution >= 0.6 is 0 Å². The van der Waals surface area contributed by atoms with Crippen molar-refractivity contribution in [3.05, 3.63) is 113 Å². The Morgan fingerprint density at radius 1 is 0.591 bits per heavy atom. The minimum atomic E-state index is -2.15. The zero-order chi connectivity index (χ0) is 83.6. The number of fused-ring (bicyclic) bond motifs is 12. The second-order valence-corrected chi connectivity index (χ2v) is 35.9. The summed E-state index contributed by atoms with van der Waals surface area (Å²) in [5.41, 5.74) is -10.4. The summed E-state index contributed by atoms with van der Waals surface area (Å²) >= 11 is 0. The molecule has 115 heavy (non-hydrogen) atoms. The lowest BCUT2D eigenvalue weighted by molar-refractivity contribution is -0.240. The van der Waals surface area contributed by atoms with Gasteiger partial charge in [0.1, 0.15) is 46.9 Å². The summed E-state index contributed by atoms with van der Waals surface area (Å²) in [6, 6.07) is 0.298. The third-order valence-electron chi connectivity index (χ3n) is 30.0. The molecule has 0 radical (unpaired) electrons. The smallest absolute Gasteiger partial charge is 0.346 e. The van der Waals surface area contributed by atoms with Gasteiger partial charge in [-0.05, 0) is 180 Å². The van der Waals surface area contributed by atoms with Gasteiger partial charge >= 0.3 is 11.9 Å². The molecule has 0 spiro atoms. The highest BCUT2D eigenvalue weighted by Gasteiger charge is 2.78. The lowest BCUT2D eigenvalue weighted by atomic mass is 9.44. The number of hydrogen-bond acceptors (Lipinski definition) is 21. The molecule has 0 bridgehead atoms. The number of carbonyl (C=O) groups is 6. The van der Waals surface area contributed by atoms with Gasteiger partial charge in [-0.3, -0.25) is 28.8 Å². The van der Waals surface area contributed by atoms with Crippen molar-refractivity contribution in [2.45, 2.75) is 219 Å². The summed E-state index contributed by atoms with van der Waals surface area (Å²) in [5, 5.41) is 70.7. The summed E-state index contributed by atoms with van der Waals surface area (Å²) in [5.74, 6) is -7.74. The molecule has 4 heterocycles. The number of aryl methyl sites for hydroxylation is 2. The van der Waals surface area contributed by atoms with E-state index in [9.17, 15) is 69.0 Å². The number of nitrogens with zero attached hydrogens (tertiary/aromatic N) is 4. The standard InChI is InChI=1S/C44H55F2N3O9.C22H29FO5.C21H26FN3O4/c1-22-16-30-29-11-8-26-17-28(51)12-13-41(26,5)43(29,46)31(52)18-42(30,6)44(22,32(53)20-50)58-21-57-40(55)34-25(4)49(27-9-10-27)36-33(38(34)54)24(3)35(45)37(39(36)56-7)48-15-14-47-23(2)19-48;1-12-8-16-15-5-4-13-9-14(25)6-7-19(13,2)21(15,23)17(26)10-20(16,3)22(12,28)18(27)11-24;1-10-9-24(8-7-23-10)18-16(22)11(2)14-17(20(18)29-4)25(13-5-6-13)12(3)15(19(14)26)21(27)28/h12-13,17,22-23,27,29-31,47,50,52H,8-11,14-16,18-21H2,1-7H3;6-7,9,12,15-17,24,26,28H,4-5,8,10-11H2,1-3H3;10,13,23H,5-9H2,1-4H3,(H,27,28)/t22-,23?,29-,30-,31-,41-,42-,43-,44-;12-,15-,16-,17-,19-,20-,21-,22-;/m00./s1. The Labute approximate surface area is 665 Å². The highest BCUT2D eigenvalue weighted by molar-refractivity contribution is 6.04. The number of esters is 1. The fraction of sp³-hybridized carbons (Fsp3) is 0.632. The van der Waals surface area contributed by atoms with Crippen LogP contribution in [0, 0.1) is 96.5 Å². The third kappa shape index (κ3) is 12.0. The predicted molar refractivity (Wildman–Crippen MR) is 420 cm³/mol. The van der Waals surface area contributed by atoms with Gasteiger partial charge in [0.15, 0.2) is 64.4 Å². The molecule has 8 N–H and O–H groups in total. The first kappa shape index (κ1) is 83.5. The molecule has 18 atom stereocenters. The second-order valence-electron chi connectivity index (χ2n) is 35.9. The number of anilines is 2. The molecule has 2 saturated heterocycles. The van der Waals surface area contributed by atoms with Crippen molar-refractivity contribution in [2.24, 2.45) is 57.2 Å². The maximum absolute atomic E-state index is 17.8. The van der Waals surface area contributed by atoms with E-state index in [0.29, 0.717) is 123 Å². The highest BCUT2D eigenvalue weighted by atomic mass is 19.2. The van der Waals surface area contributed by atoms with E-state index < -0.39 is 152 Å². The maximum Gasteiger partial charge on any atom is 0.346 e. The number of aliphatic hydroxyl groups is 5. The third-order valence-corrected chi connectivity index (χ3v) is 30.0. The Morgan fingerprint density at radius 3 is 1.43 bits per heavy atom. The van der Waals surface area contributed by atoms with Crippen LogP contribution in [0.15, 0.2) is 57.2 Å². The molecule has 4 aromatic rings. The van der Waals surface area contributed by atoms with Gasteiger partial charge in [0, 0.05) is 119 Å². The molecular weight excluding hydrogens is 1490 g/mol. The SMILES string of the molecule is COc1c(N2CCNC(C)C2)c(F)c(C)c2c(=O)c(C(=O)O)c(C)n(C3CC3)c12.COc1c(N2CCNC(C)C2)c(F)c(C)c2c(=O)c(C(=O)OCO[C@]3(C(=O)CO)[C@@H](C)C[C@H]4[C@@H]5CCC6=CC(=O)C=C[C@]6(C)[C@@]5(F)[C@@H](O)C[C@@]43C)c(C)n(C3CC3)c12.C[C@H]1C[C@H]2[C@@H]3CCC4=CC(=O)C=C[C@]4(C)[C@@]3(F)[C@@H](O)C[C@]2(C)[C@@]1(O)C(=O)CO. The summed E-state index contributed by atoms with van der Waals surface area (Å²) in [4.78, 5) is 108. The number of aromatic nitrogens is 2. The van der Waals surface area contributed by atoms with Gasteiger partial charge in [0.25, 0.3) is 0 Å². The van der Waals surface area contributed by atoms with Gasteiger partial charge in [0.05, 0.1) is 48.2 Å². The molecule has 28 heteroatoms. The van der Waals surface area contributed by atoms with Crippen LogP contribution < -0.4 is 40.8 Å². The normalized spacial score (nSPS) is 35.7. The van der Waals surface area contributed by atoms with Crippen LogP contribution in [0.25, 0.3) is 21.8 Å². The average molecular weight is 1600 g/mol. The number of Topliss-reactive ketones (excluding diaryl/α,β-unsaturated/α-hetero) is 2. The molecule has 10 aliphatic carbocycles. The number of piperazine rings is 2. The summed E-state index contributed by atoms with van der Waals surface area (Å²) in [6.07, 6.45) is 11.5. The Balaban J connectivity index is 0.000000159. The fourth-order valence-corrected chi connectivity index (χ4v) is 24.2. The number of halogens is 4. The van der Waals surface area contributed by atoms with Crippen LogP contribution in [0.4, 0.5) is 28.9 Å². The van der Waals surface area contributed by atoms with E-state index >= 15 is 17.6 Å². The predicted octanol–water partition coefficient (Wildman–Crippen LogP) is 9.44. The number of nitrogens with one attached hydrogen (secondary N) is 2. The van der Waals surface area contributed by atoms with Crippen LogP contribution in [0.2, 0.25) is 0 Å². The lowest BCUT2D eigenvalue weighted by Crippen LogP contribution is -2.70. The largest absolute Gasteiger partial charge is 0.492 e. The number of pyridine rings is 2. The van der Waals surface area contributed by atoms with Crippen LogP contribution in [-0.4, -0.2) is 195 Å². The molecule has 10 fully saturated rings. The van der Waals surface area contributed by atoms with Crippen LogP contribution in [-0.2, 0) is 28.7 Å². The molecule has 2 aliphatic heterocycles. The van der Waals surface area contributed by atoms with Crippen LogP contribution in [0.5, 0.6) is 11.5 Å². The van der Waals surface area contributed by atoms with E-state index in [1.165, 1.54) is 45.4 Å². The first-order chi connectivity index (χ1) is 54.2. The number of allylic oxidation sites excluding steroid dienone is 8. The zero-order valence-corrected chi connectivity index (χ0v) is 68.1. The first-order valence-corrected chi connectivity index (χ1v) is 40.7. The van der Waals surface area contributed by atoms with E-state index in [0.717, 1.165) is 25.7 Å². The molecule has 8 saturated carbocycles. The molecule has 12 aliphatic rings. The van der Waals surface area contributed by atoms with Crippen LogP contribution in [0.1, 0.15) is 188 Å². The van der Waals surface area contributed by atoms with Crippen molar-refractivity contribution in [1.82, 2.24) is 19.8 Å². The van der Waals surface area contributed by atoms with Gasteiger partial charge in [-0.2, -0.15) is 0 Å². The summed E-state index contributed by atoms with van der Waals surface area (Å²) in [6.45, 7) is 22.1. The molecule has 16 rings (SSSR count). The van der Waals surface area contributed by atoms with Crippen LogP contribution in [0.3, 0.4) is 0 Å². The van der Waals surface area contributed by atoms with Gasteiger partial charge in [-0.1, -0.05) is 51.0 Å². The monoisotopic (exact) mass is 1600 g/mol. The number of carboxylic acid groups (broad SMARTS) is 1. The Morgan fingerprint density at radius 2 is 1.01 bits per heavy atom. The first-order valence-electron chi connectivity index (χ1n) is 40.7. The number of methoxy groups -OCH3 is 2. The molecule has 2 aromatic carbocycles. The quantitative estimate of drug-likeness (QED) is 0.0312. The van der Waals surface area contributed by atoms with E-state index in [1.54, 1.807) is 74.5 Å². The Hall–Kier alpha value is -7.96. The van der Waals surface area contributed by atoms with Gasteiger partial charge in [-0.25, -0.2) is 27.2 Å². The van der Waals surface area contributed by atoms with E-state index in [4.69, 9.17) is 18.9 Å². The number of ether oxygens (including phenoxy) is 4. The van der Waals surface area contributed by atoms with Gasteiger partial charge < -0.3 is 79.2 Å². The van der Waals surface area contributed by atoms with Gasteiger partial charge in [-0.15, -0.1) is 0 Å². The topological polar surface area (TPSA) is 335 Å². The number of aliphatic hydroxyl groups excluding tert-OH is 4. The van der Waals surface area contributed by atoms with Crippen molar-refractivity contribution >= 4 is 68.3 Å². The van der Waals surface area contributed by atoms with Crippen molar-refractivity contribution < 1.29 is 95.9 Å². The summed E-state index contributed by atoms with van der Waals surface area (Å²) in [7, 11) is 2.92. The second kappa shape index (κ2) is 29.5. The number of alkyl halides is 2. The lowest BCUT2D eigenvalue weighted by Gasteiger charge is -2.63. The van der Waals surface area contributed by atoms with Crippen molar-refractivity contribution in [3.8, 4) is 11.5 Å². The van der Waals surface area contributed by atoms with E-state index in [1.807, 2.05) is 32.8 Å². The zero-order valence-electron chi connectivity index (χ0n) is 68.1. The molecular formula is C87H110F4N6O18. The molecule has 624 valence electrons. The fourth-order valence-electron chi connectivity index (χ4n) is 24.2. The number of aromatic carboxylic acids is 1. The number of carboxylic acids is 1. The van der Waals surface area contributed by atoms with Crippen molar-refractivity contribution in [3.63, 3.8) is 0 Å². The Kier molecular flexibility index (Phi) is 21.5. The Bertz CT molecular complexity index is 5030. The average Bonchev–Trinajstić information content (AvgIpc) is 1.31. The van der Waals surface area contributed by atoms with E-state index in [2.05, 4.69) is 10.6 Å². The molecule has 2 aromatic heterocycles. The molecule has 2 unspecified atom stereocenters. The maximum atomic E-state index is 17.8. The number of rotatable bonds is 15. The van der Waals surface area contributed by atoms with Crippen molar-refractivity contribution in [1.29, 1.82) is 0 Å². The molecule has 24 nitrogen and oxygen atoms in total. The summed E-state index contributed by atoms with van der Waals surface area (Å²) < 4.78 is 94.3. The number of hydrogen-bond donors (Lipinski definition) is 8. The van der Waals surface area contributed by atoms with E-state index in [-0.39, 0.29) is 99.0 Å². The number of carbonyl (C=O) groups excluding carboxylic acids is 5. The highest BCUT2D eigenvalue weighted by Crippen LogP contribution is 2.73. The van der Waals surface area contributed by atoms with Crippen molar-refractivity contribution in [2.75, 3.05) is 83.3 Å². The number of benzene rings is 2. The minimum Gasteiger partial charge on any atom is -0.492 e. The minimum absolute atomic E-state index is 0.0144.